The van der Waals surface area contributed by atoms with E-state index < -0.39 is 0 Å². The normalized spacial score (nSPS) is 15.3. The van der Waals surface area contributed by atoms with E-state index in [0.29, 0.717) is 29.4 Å². The average molecular weight is 364 g/mol. The molecule has 2 aromatic carbocycles. The number of hydrazone groups is 1. The third kappa shape index (κ3) is 3.87. The standard InChI is InChI=1S/C22H24N2O3/c1-5-16-7-10-18(11-8-16)24-22(25)19(15(3)23-24)13-17-9-12-20(27-6-2)21(14-17)26-4/h7-14H,5-6H2,1-4H3/b19-13-. The van der Waals surface area contributed by atoms with Crippen LogP contribution in [0.2, 0.25) is 0 Å². The third-order valence-corrected chi connectivity index (χ3v) is 4.45. The predicted molar refractivity (Wildman–Crippen MR) is 109 cm³/mol. The molecule has 1 aliphatic rings. The number of carbonyl (C=O) groups excluding carboxylic acids is 1. The van der Waals surface area contributed by atoms with Crippen LogP contribution in [0, 0.1) is 0 Å². The zero-order chi connectivity index (χ0) is 19.4. The number of hydrogen-bond donors (Lipinski definition) is 0. The summed E-state index contributed by atoms with van der Waals surface area (Å²) in [5, 5.41) is 5.89. The molecule has 0 N–H and O–H groups in total. The average Bonchev–Trinajstić information content (AvgIpc) is 2.97. The molecular formula is C22H24N2O3. The molecule has 0 unspecified atom stereocenters. The molecule has 0 spiro atoms. The fourth-order valence-corrected chi connectivity index (χ4v) is 2.95. The van der Waals surface area contributed by atoms with Crippen LogP contribution in [0.25, 0.3) is 6.08 Å². The smallest absolute Gasteiger partial charge is 0.280 e. The van der Waals surface area contributed by atoms with Gasteiger partial charge in [-0.1, -0.05) is 25.1 Å². The number of amides is 1. The predicted octanol–water partition coefficient (Wildman–Crippen LogP) is 4.46. The summed E-state index contributed by atoms with van der Waals surface area (Å²) in [6, 6.07) is 13.5. The highest BCUT2D eigenvalue weighted by molar-refractivity contribution is 6.32. The summed E-state index contributed by atoms with van der Waals surface area (Å²) in [6.45, 7) is 6.43. The summed E-state index contributed by atoms with van der Waals surface area (Å²) in [4.78, 5) is 12.9. The minimum absolute atomic E-state index is 0.135. The SMILES string of the molecule is CCOc1ccc(/C=C2\C(=O)N(c3ccc(CC)cc3)N=C2C)cc1OC. The molecule has 0 saturated heterocycles. The minimum Gasteiger partial charge on any atom is -0.493 e. The molecule has 0 atom stereocenters. The van der Waals surface area contributed by atoms with Crippen molar-refractivity contribution >= 4 is 23.4 Å². The Morgan fingerprint density at radius 3 is 2.44 bits per heavy atom. The highest BCUT2D eigenvalue weighted by atomic mass is 16.5. The molecule has 0 aliphatic carbocycles. The summed E-state index contributed by atoms with van der Waals surface area (Å²) in [5.74, 6) is 1.19. The van der Waals surface area contributed by atoms with Crippen LogP contribution in [0.5, 0.6) is 11.5 Å². The molecule has 0 radical (unpaired) electrons. The van der Waals surface area contributed by atoms with Crippen molar-refractivity contribution in [2.24, 2.45) is 5.10 Å². The Bertz CT molecular complexity index is 898. The molecule has 0 fully saturated rings. The molecule has 1 amide bonds. The number of ether oxygens (including phenoxy) is 2. The van der Waals surface area contributed by atoms with Crippen molar-refractivity contribution in [3.8, 4) is 11.5 Å². The lowest BCUT2D eigenvalue weighted by molar-refractivity contribution is -0.114. The van der Waals surface area contributed by atoms with Crippen molar-refractivity contribution in [2.45, 2.75) is 27.2 Å². The third-order valence-electron chi connectivity index (χ3n) is 4.45. The number of nitrogens with zero attached hydrogens (tertiary/aromatic N) is 2. The second kappa shape index (κ2) is 8.08. The molecule has 3 rings (SSSR count). The maximum absolute atomic E-state index is 12.9. The van der Waals surface area contributed by atoms with E-state index >= 15 is 0 Å². The van der Waals surface area contributed by atoms with Crippen LogP contribution >= 0.6 is 0 Å². The molecule has 1 aliphatic heterocycles. The summed E-state index contributed by atoms with van der Waals surface area (Å²) in [6.07, 6.45) is 2.79. The first-order valence-corrected chi connectivity index (χ1v) is 9.08. The van der Waals surface area contributed by atoms with Crippen molar-refractivity contribution in [1.82, 2.24) is 0 Å². The van der Waals surface area contributed by atoms with E-state index in [0.717, 1.165) is 17.7 Å². The van der Waals surface area contributed by atoms with Crippen LogP contribution in [-0.2, 0) is 11.2 Å². The first-order valence-electron chi connectivity index (χ1n) is 9.08. The van der Waals surface area contributed by atoms with Gasteiger partial charge in [0.25, 0.3) is 5.91 Å². The van der Waals surface area contributed by atoms with Gasteiger partial charge in [-0.3, -0.25) is 4.79 Å². The maximum Gasteiger partial charge on any atom is 0.280 e. The van der Waals surface area contributed by atoms with Gasteiger partial charge in [-0.2, -0.15) is 10.1 Å². The lowest BCUT2D eigenvalue weighted by atomic mass is 10.1. The van der Waals surface area contributed by atoms with E-state index in [2.05, 4.69) is 12.0 Å². The monoisotopic (exact) mass is 364 g/mol. The van der Waals surface area contributed by atoms with E-state index in [1.54, 1.807) is 7.11 Å². The van der Waals surface area contributed by atoms with Crippen LogP contribution in [0.1, 0.15) is 31.9 Å². The molecule has 140 valence electrons. The molecule has 0 saturated carbocycles. The van der Waals surface area contributed by atoms with E-state index in [-0.39, 0.29) is 5.91 Å². The van der Waals surface area contributed by atoms with Gasteiger partial charge < -0.3 is 9.47 Å². The molecule has 1 heterocycles. The van der Waals surface area contributed by atoms with Gasteiger partial charge in [-0.15, -0.1) is 0 Å². The van der Waals surface area contributed by atoms with Gasteiger partial charge >= 0.3 is 0 Å². The fraction of sp³-hybridized carbons (Fsp3) is 0.273. The highest BCUT2D eigenvalue weighted by Gasteiger charge is 2.28. The minimum atomic E-state index is -0.135. The Balaban J connectivity index is 1.89. The van der Waals surface area contributed by atoms with Crippen molar-refractivity contribution in [3.63, 3.8) is 0 Å². The molecular weight excluding hydrogens is 340 g/mol. The molecule has 27 heavy (non-hydrogen) atoms. The van der Waals surface area contributed by atoms with Gasteiger partial charge in [-0.05, 0) is 61.7 Å². The van der Waals surface area contributed by atoms with Gasteiger partial charge in [0, 0.05) is 0 Å². The molecule has 0 aromatic heterocycles. The lowest BCUT2D eigenvalue weighted by Gasteiger charge is -2.12. The Morgan fingerprint density at radius 1 is 1.07 bits per heavy atom. The fourth-order valence-electron chi connectivity index (χ4n) is 2.95. The topological polar surface area (TPSA) is 51.1 Å². The van der Waals surface area contributed by atoms with Crippen LogP contribution in [0.3, 0.4) is 0 Å². The molecule has 0 bridgehead atoms. The Hall–Kier alpha value is -3.08. The first-order chi connectivity index (χ1) is 13.1. The van der Waals surface area contributed by atoms with Crippen LogP contribution in [-0.4, -0.2) is 25.3 Å². The van der Waals surface area contributed by atoms with Crippen molar-refractivity contribution in [1.29, 1.82) is 0 Å². The zero-order valence-corrected chi connectivity index (χ0v) is 16.2. The second-order valence-corrected chi connectivity index (χ2v) is 6.22. The number of aryl methyl sites for hydroxylation is 1. The Labute approximate surface area is 159 Å². The summed E-state index contributed by atoms with van der Waals surface area (Å²) in [5.41, 5.74) is 4.11. The van der Waals surface area contributed by atoms with Crippen LogP contribution in [0.15, 0.2) is 53.1 Å². The van der Waals surface area contributed by atoms with Gasteiger partial charge in [0.2, 0.25) is 0 Å². The van der Waals surface area contributed by atoms with E-state index in [1.807, 2.05) is 62.4 Å². The largest absolute Gasteiger partial charge is 0.493 e. The number of methoxy groups -OCH3 is 1. The number of hydrogen-bond acceptors (Lipinski definition) is 4. The quantitative estimate of drug-likeness (QED) is 0.711. The molecule has 5 heteroatoms. The van der Waals surface area contributed by atoms with Crippen LogP contribution in [0.4, 0.5) is 5.69 Å². The van der Waals surface area contributed by atoms with Gasteiger partial charge in [0.05, 0.1) is 30.7 Å². The number of anilines is 1. The molecule has 2 aromatic rings. The van der Waals surface area contributed by atoms with E-state index in [4.69, 9.17) is 9.47 Å². The van der Waals surface area contributed by atoms with Gasteiger partial charge in [0.1, 0.15) is 0 Å². The lowest BCUT2D eigenvalue weighted by Crippen LogP contribution is -2.21. The second-order valence-electron chi connectivity index (χ2n) is 6.22. The summed E-state index contributed by atoms with van der Waals surface area (Å²) >= 11 is 0. The van der Waals surface area contributed by atoms with Crippen molar-refractivity contribution < 1.29 is 14.3 Å². The summed E-state index contributed by atoms with van der Waals surface area (Å²) < 4.78 is 10.9. The van der Waals surface area contributed by atoms with Crippen molar-refractivity contribution in [3.05, 3.63) is 59.2 Å². The van der Waals surface area contributed by atoms with E-state index in [1.165, 1.54) is 10.6 Å². The summed E-state index contributed by atoms with van der Waals surface area (Å²) in [7, 11) is 1.60. The zero-order valence-electron chi connectivity index (χ0n) is 16.2. The Morgan fingerprint density at radius 2 is 1.81 bits per heavy atom. The number of rotatable bonds is 6. The molecule has 5 nitrogen and oxygen atoms in total. The van der Waals surface area contributed by atoms with E-state index in [9.17, 15) is 4.79 Å². The van der Waals surface area contributed by atoms with Crippen LogP contribution < -0.4 is 14.5 Å². The number of benzene rings is 2. The van der Waals surface area contributed by atoms with Crippen molar-refractivity contribution in [2.75, 3.05) is 18.7 Å². The Kier molecular flexibility index (Phi) is 5.60. The number of carbonyl (C=O) groups is 1. The maximum atomic E-state index is 12.9. The highest BCUT2D eigenvalue weighted by Crippen LogP contribution is 2.30. The first kappa shape index (κ1) is 18.7. The van der Waals surface area contributed by atoms with Gasteiger partial charge in [0.15, 0.2) is 11.5 Å². The van der Waals surface area contributed by atoms with Gasteiger partial charge in [-0.25, -0.2) is 0 Å².